The maximum atomic E-state index is 12.2. The highest BCUT2D eigenvalue weighted by Crippen LogP contribution is 2.26. The number of anilines is 1. The normalized spacial score (nSPS) is 22.8. The molecule has 2 fully saturated rings. The Kier molecular flexibility index (Phi) is 4.22. The van der Waals surface area contributed by atoms with Crippen LogP contribution >= 0.6 is 0 Å². The SMILES string of the molecule is COCCN1C(=O)N[C@@H]2CN(c3nnnn3-c3ccccc3)CC[C@@H]21. The molecule has 2 aliphatic heterocycles. The molecule has 0 unspecified atom stereocenters. The summed E-state index contributed by atoms with van der Waals surface area (Å²) in [5.41, 5.74) is 0.918. The van der Waals surface area contributed by atoms with Gasteiger partial charge in [0.1, 0.15) is 0 Å². The standard InChI is InChI=1S/C16H21N7O2/c1-25-10-9-22-14-7-8-21(11-13(14)17-16(22)24)15-18-19-20-23(15)12-5-3-2-4-6-12/h2-6,13-14H,7-11H2,1H3,(H,17,24)/t13-,14+/m1/s1. The Morgan fingerprint density at radius 3 is 2.96 bits per heavy atom. The first kappa shape index (κ1) is 15.8. The van der Waals surface area contributed by atoms with Gasteiger partial charge in [-0.1, -0.05) is 23.3 Å². The van der Waals surface area contributed by atoms with Crippen LogP contribution in [0.3, 0.4) is 0 Å². The van der Waals surface area contributed by atoms with Crippen molar-refractivity contribution in [1.82, 2.24) is 30.4 Å². The van der Waals surface area contributed by atoms with E-state index in [1.165, 1.54) is 0 Å². The number of carbonyl (C=O) groups is 1. The van der Waals surface area contributed by atoms with Crippen molar-refractivity contribution in [1.29, 1.82) is 0 Å². The van der Waals surface area contributed by atoms with Crippen LogP contribution in [0.4, 0.5) is 10.7 Å². The molecule has 2 amide bonds. The van der Waals surface area contributed by atoms with E-state index in [0.717, 1.165) is 18.7 Å². The molecule has 0 bridgehead atoms. The third kappa shape index (κ3) is 2.91. The summed E-state index contributed by atoms with van der Waals surface area (Å²) in [5, 5.41) is 15.2. The number of carbonyl (C=O) groups excluding carboxylic acids is 1. The average Bonchev–Trinajstić information content (AvgIpc) is 3.24. The van der Waals surface area contributed by atoms with Gasteiger partial charge in [0, 0.05) is 26.7 Å². The van der Waals surface area contributed by atoms with Crippen molar-refractivity contribution < 1.29 is 9.53 Å². The second-order valence-corrected chi connectivity index (χ2v) is 6.27. The lowest BCUT2D eigenvalue weighted by molar-refractivity contribution is 0.140. The molecule has 1 aromatic carbocycles. The number of hydrogen-bond donors (Lipinski definition) is 1. The van der Waals surface area contributed by atoms with Gasteiger partial charge in [-0.15, -0.1) is 0 Å². The third-order valence-electron chi connectivity index (χ3n) is 4.82. The average molecular weight is 343 g/mol. The van der Waals surface area contributed by atoms with E-state index < -0.39 is 0 Å². The molecule has 2 aromatic rings. The van der Waals surface area contributed by atoms with Crippen LogP contribution < -0.4 is 10.2 Å². The van der Waals surface area contributed by atoms with Gasteiger partial charge in [-0.2, -0.15) is 4.68 Å². The Bertz CT molecular complexity index is 735. The minimum Gasteiger partial charge on any atom is -0.383 e. The van der Waals surface area contributed by atoms with Crippen molar-refractivity contribution >= 4 is 12.0 Å². The number of para-hydroxylation sites is 1. The summed E-state index contributed by atoms with van der Waals surface area (Å²) >= 11 is 0. The van der Waals surface area contributed by atoms with Crippen LogP contribution in [0.2, 0.25) is 0 Å². The molecule has 0 radical (unpaired) electrons. The van der Waals surface area contributed by atoms with Gasteiger partial charge in [0.15, 0.2) is 0 Å². The Balaban J connectivity index is 1.51. The van der Waals surface area contributed by atoms with Crippen molar-refractivity contribution in [3.63, 3.8) is 0 Å². The highest BCUT2D eigenvalue weighted by atomic mass is 16.5. The van der Waals surface area contributed by atoms with Crippen molar-refractivity contribution in [2.75, 3.05) is 38.3 Å². The molecule has 3 heterocycles. The summed E-state index contributed by atoms with van der Waals surface area (Å²) in [7, 11) is 1.65. The van der Waals surface area contributed by atoms with Crippen molar-refractivity contribution in [3.05, 3.63) is 30.3 Å². The lowest BCUT2D eigenvalue weighted by Gasteiger charge is -2.36. The maximum Gasteiger partial charge on any atom is 0.318 e. The number of piperidine rings is 1. The highest BCUT2D eigenvalue weighted by Gasteiger charge is 2.43. The molecule has 2 atom stereocenters. The number of aromatic nitrogens is 4. The van der Waals surface area contributed by atoms with E-state index in [2.05, 4.69) is 25.7 Å². The molecule has 1 aromatic heterocycles. The number of benzene rings is 1. The quantitative estimate of drug-likeness (QED) is 0.839. The fourth-order valence-corrected chi connectivity index (χ4v) is 3.60. The first-order chi connectivity index (χ1) is 12.3. The number of nitrogens with zero attached hydrogens (tertiary/aromatic N) is 6. The summed E-state index contributed by atoms with van der Waals surface area (Å²) in [6.45, 7) is 2.65. The zero-order valence-electron chi connectivity index (χ0n) is 14.1. The molecular formula is C16H21N7O2. The second-order valence-electron chi connectivity index (χ2n) is 6.27. The number of tetrazole rings is 1. The Hall–Kier alpha value is -2.68. The lowest BCUT2D eigenvalue weighted by atomic mass is 10.0. The molecular weight excluding hydrogens is 322 g/mol. The topological polar surface area (TPSA) is 88.4 Å². The zero-order valence-corrected chi connectivity index (χ0v) is 14.1. The molecule has 2 saturated heterocycles. The predicted molar refractivity (Wildman–Crippen MR) is 90.7 cm³/mol. The van der Waals surface area contributed by atoms with Crippen LogP contribution in [-0.4, -0.2) is 76.6 Å². The Morgan fingerprint density at radius 1 is 1.32 bits per heavy atom. The van der Waals surface area contributed by atoms with Crippen LogP contribution in [0, 0.1) is 0 Å². The predicted octanol–water partition coefficient (Wildman–Crippen LogP) is 0.281. The van der Waals surface area contributed by atoms with Gasteiger partial charge in [-0.05, 0) is 29.0 Å². The fourth-order valence-electron chi connectivity index (χ4n) is 3.60. The molecule has 0 aliphatic carbocycles. The number of fused-ring (bicyclic) bond motifs is 1. The lowest BCUT2D eigenvalue weighted by Crippen LogP contribution is -2.52. The number of nitrogens with one attached hydrogen (secondary N) is 1. The molecule has 0 saturated carbocycles. The van der Waals surface area contributed by atoms with Crippen molar-refractivity contribution in [2.24, 2.45) is 0 Å². The van der Waals surface area contributed by atoms with Gasteiger partial charge in [0.2, 0.25) is 5.95 Å². The zero-order chi connectivity index (χ0) is 17.2. The maximum absolute atomic E-state index is 12.2. The van der Waals surface area contributed by atoms with Crippen LogP contribution in [0.5, 0.6) is 0 Å². The highest BCUT2D eigenvalue weighted by molar-refractivity contribution is 5.78. The van der Waals surface area contributed by atoms with Gasteiger partial charge in [0.25, 0.3) is 0 Å². The van der Waals surface area contributed by atoms with E-state index in [9.17, 15) is 4.79 Å². The summed E-state index contributed by atoms with van der Waals surface area (Å²) in [4.78, 5) is 16.2. The molecule has 0 spiro atoms. The number of rotatable bonds is 5. The third-order valence-corrected chi connectivity index (χ3v) is 4.82. The van der Waals surface area contributed by atoms with Gasteiger partial charge >= 0.3 is 6.03 Å². The van der Waals surface area contributed by atoms with Crippen LogP contribution in [0.15, 0.2) is 30.3 Å². The number of methoxy groups -OCH3 is 1. The number of amides is 2. The van der Waals surface area contributed by atoms with E-state index in [1.807, 2.05) is 35.2 Å². The van der Waals surface area contributed by atoms with Crippen LogP contribution in [0.25, 0.3) is 5.69 Å². The van der Waals surface area contributed by atoms with E-state index in [0.29, 0.717) is 25.6 Å². The van der Waals surface area contributed by atoms with Crippen molar-refractivity contribution in [2.45, 2.75) is 18.5 Å². The van der Waals surface area contributed by atoms with Gasteiger partial charge in [0.05, 0.1) is 24.4 Å². The van der Waals surface area contributed by atoms with E-state index in [-0.39, 0.29) is 18.1 Å². The summed E-state index contributed by atoms with van der Waals surface area (Å²) < 4.78 is 6.85. The van der Waals surface area contributed by atoms with Crippen LogP contribution in [0.1, 0.15) is 6.42 Å². The molecule has 1 N–H and O–H groups in total. The second kappa shape index (κ2) is 6.67. The number of ether oxygens (including phenoxy) is 1. The summed E-state index contributed by atoms with van der Waals surface area (Å²) in [6, 6.07) is 10.1. The minimum absolute atomic E-state index is 0.0171. The number of urea groups is 1. The molecule has 9 nitrogen and oxygen atoms in total. The Morgan fingerprint density at radius 2 is 2.16 bits per heavy atom. The Labute approximate surface area is 145 Å². The largest absolute Gasteiger partial charge is 0.383 e. The van der Waals surface area contributed by atoms with Crippen LogP contribution in [-0.2, 0) is 4.74 Å². The van der Waals surface area contributed by atoms with E-state index >= 15 is 0 Å². The first-order valence-corrected chi connectivity index (χ1v) is 8.43. The summed E-state index contributed by atoms with van der Waals surface area (Å²) in [5.74, 6) is 0.703. The fraction of sp³-hybridized carbons (Fsp3) is 0.500. The molecule has 132 valence electrons. The monoisotopic (exact) mass is 343 g/mol. The van der Waals surface area contributed by atoms with E-state index in [4.69, 9.17) is 4.74 Å². The molecule has 4 rings (SSSR count). The van der Waals surface area contributed by atoms with Gasteiger partial charge in [-0.3, -0.25) is 0 Å². The number of hydrogen-bond acceptors (Lipinski definition) is 6. The van der Waals surface area contributed by atoms with Gasteiger partial charge in [-0.25, -0.2) is 4.79 Å². The minimum atomic E-state index is -0.0171. The molecule has 25 heavy (non-hydrogen) atoms. The first-order valence-electron chi connectivity index (χ1n) is 8.43. The molecule has 9 heteroatoms. The van der Waals surface area contributed by atoms with Gasteiger partial charge < -0.3 is 19.9 Å². The smallest absolute Gasteiger partial charge is 0.318 e. The van der Waals surface area contributed by atoms with E-state index in [1.54, 1.807) is 11.8 Å². The summed E-state index contributed by atoms with van der Waals surface area (Å²) in [6.07, 6.45) is 0.870. The van der Waals surface area contributed by atoms with Crippen molar-refractivity contribution in [3.8, 4) is 5.69 Å². The molecule has 2 aliphatic rings.